The van der Waals surface area contributed by atoms with Gasteiger partial charge in [-0.15, -0.1) is 0 Å². The van der Waals surface area contributed by atoms with Gasteiger partial charge >= 0.3 is 0 Å². The van der Waals surface area contributed by atoms with Gasteiger partial charge in [0, 0.05) is 28.9 Å². The van der Waals surface area contributed by atoms with Crippen molar-refractivity contribution in [1.82, 2.24) is 0 Å². The van der Waals surface area contributed by atoms with Gasteiger partial charge in [0.15, 0.2) is 9.84 Å². The van der Waals surface area contributed by atoms with E-state index in [1.54, 1.807) is 6.92 Å². The van der Waals surface area contributed by atoms with Crippen molar-refractivity contribution in [2.45, 2.75) is 6.92 Å². The van der Waals surface area contributed by atoms with Crippen molar-refractivity contribution in [2.24, 2.45) is 5.73 Å². The average molecular weight is 322 g/mol. The third kappa shape index (κ3) is 3.71. The molecule has 2 aromatic rings. The second-order valence-electron chi connectivity index (χ2n) is 4.73. The minimum absolute atomic E-state index is 0.120. The number of thiocarbonyl (C=S) groups is 1. The minimum Gasteiger partial charge on any atom is -0.389 e. The smallest absolute Gasteiger partial charge is 0.151 e. The largest absolute Gasteiger partial charge is 0.389 e. The summed E-state index contributed by atoms with van der Waals surface area (Å²) >= 11 is 5.06. The highest BCUT2D eigenvalue weighted by Crippen LogP contribution is 2.26. The molecule has 0 fully saturated rings. The Kier molecular flexibility index (Phi) is 4.80. The number of rotatable bonds is 6. The Morgan fingerprint density at radius 2 is 1.86 bits per heavy atom. The molecule has 0 heterocycles. The molecule has 2 aromatic carbocycles. The van der Waals surface area contributed by atoms with Crippen LogP contribution in [0.1, 0.15) is 12.5 Å². The van der Waals surface area contributed by atoms with Crippen LogP contribution in [0.5, 0.6) is 0 Å². The molecule has 0 atom stereocenters. The molecule has 0 unspecified atom stereocenters. The van der Waals surface area contributed by atoms with Gasteiger partial charge in [-0.25, -0.2) is 8.42 Å². The highest BCUT2D eigenvalue weighted by molar-refractivity contribution is 7.91. The Labute approximate surface area is 130 Å². The van der Waals surface area contributed by atoms with Crippen molar-refractivity contribution in [2.75, 3.05) is 23.4 Å². The van der Waals surface area contributed by atoms with Crippen molar-refractivity contribution >= 4 is 43.5 Å². The van der Waals surface area contributed by atoms with Crippen molar-refractivity contribution in [3.63, 3.8) is 0 Å². The molecule has 0 saturated carbocycles. The highest BCUT2D eigenvalue weighted by atomic mass is 32.2. The van der Waals surface area contributed by atoms with E-state index in [1.807, 2.05) is 36.4 Å². The van der Waals surface area contributed by atoms with E-state index in [0.717, 1.165) is 22.0 Å². The number of hydrogen-bond acceptors (Lipinski definition) is 4. The first-order valence-corrected chi connectivity index (χ1v) is 8.93. The predicted octanol–water partition coefficient (Wildman–Crippen LogP) is 2.32. The van der Waals surface area contributed by atoms with Crippen LogP contribution < -0.4 is 11.1 Å². The molecule has 2 rings (SSSR count). The number of anilines is 1. The van der Waals surface area contributed by atoms with Gasteiger partial charge in [0.1, 0.15) is 4.99 Å². The Morgan fingerprint density at radius 3 is 2.48 bits per heavy atom. The molecule has 0 amide bonds. The monoisotopic (exact) mass is 322 g/mol. The quantitative estimate of drug-likeness (QED) is 0.799. The van der Waals surface area contributed by atoms with Gasteiger partial charge in [0.05, 0.1) is 5.75 Å². The van der Waals surface area contributed by atoms with Gasteiger partial charge < -0.3 is 11.1 Å². The first kappa shape index (κ1) is 15.7. The van der Waals surface area contributed by atoms with Gasteiger partial charge in [0.2, 0.25) is 0 Å². The summed E-state index contributed by atoms with van der Waals surface area (Å²) in [4.78, 5) is 0.353. The summed E-state index contributed by atoms with van der Waals surface area (Å²) < 4.78 is 23.0. The zero-order valence-electron chi connectivity index (χ0n) is 11.8. The van der Waals surface area contributed by atoms with E-state index in [2.05, 4.69) is 5.32 Å². The van der Waals surface area contributed by atoms with Crippen LogP contribution in [0.4, 0.5) is 5.69 Å². The van der Waals surface area contributed by atoms with E-state index < -0.39 is 9.84 Å². The second-order valence-corrected chi connectivity index (χ2v) is 7.65. The molecule has 4 nitrogen and oxygen atoms in total. The Balaban J connectivity index is 2.30. The second kappa shape index (κ2) is 6.41. The molecule has 0 saturated heterocycles. The Hall–Kier alpha value is -1.66. The fourth-order valence-electron chi connectivity index (χ4n) is 2.15. The zero-order chi connectivity index (χ0) is 15.5. The molecule has 0 aliphatic carbocycles. The summed E-state index contributed by atoms with van der Waals surface area (Å²) in [5.74, 6) is 0.282. The van der Waals surface area contributed by atoms with Crippen LogP contribution in [0.2, 0.25) is 0 Å². The van der Waals surface area contributed by atoms with Crippen LogP contribution in [0.15, 0.2) is 36.4 Å². The molecule has 0 aromatic heterocycles. The van der Waals surface area contributed by atoms with Crippen LogP contribution in [0, 0.1) is 0 Å². The maximum atomic E-state index is 11.5. The number of fused-ring (bicyclic) bond motifs is 1. The molecule has 21 heavy (non-hydrogen) atoms. The standard InChI is InChI=1S/C15H18N2O2S2/c1-2-21(18,19)10-9-17-14-8-7-13(15(16)20)11-5-3-4-6-12(11)14/h3-8,17H,2,9-10H2,1H3,(H2,16,20). The molecular formula is C15H18N2O2S2. The maximum absolute atomic E-state index is 11.5. The number of nitrogens with one attached hydrogen (secondary N) is 1. The molecule has 0 spiro atoms. The fraction of sp³-hybridized carbons (Fsp3) is 0.267. The van der Waals surface area contributed by atoms with E-state index in [1.165, 1.54) is 0 Å². The van der Waals surface area contributed by atoms with Crippen molar-refractivity contribution in [3.8, 4) is 0 Å². The lowest BCUT2D eigenvalue weighted by Crippen LogP contribution is -2.17. The molecule has 0 aliphatic heterocycles. The van der Waals surface area contributed by atoms with E-state index >= 15 is 0 Å². The van der Waals surface area contributed by atoms with Crippen molar-refractivity contribution < 1.29 is 8.42 Å². The molecule has 0 aliphatic rings. The molecule has 6 heteroatoms. The lowest BCUT2D eigenvalue weighted by atomic mass is 10.0. The Morgan fingerprint density at radius 1 is 1.19 bits per heavy atom. The van der Waals surface area contributed by atoms with E-state index in [0.29, 0.717) is 11.5 Å². The number of hydrogen-bond donors (Lipinski definition) is 2. The van der Waals surface area contributed by atoms with Crippen LogP contribution in [0.25, 0.3) is 10.8 Å². The zero-order valence-corrected chi connectivity index (χ0v) is 13.4. The minimum atomic E-state index is -2.97. The summed E-state index contributed by atoms with van der Waals surface area (Å²) in [6.45, 7) is 2.04. The molecule has 0 bridgehead atoms. The summed E-state index contributed by atoms with van der Waals surface area (Å²) in [5.41, 5.74) is 7.45. The SMILES string of the molecule is CCS(=O)(=O)CCNc1ccc(C(N)=S)c2ccccc12. The van der Waals surface area contributed by atoms with Gasteiger partial charge in [-0.1, -0.05) is 43.4 Å². The van der Waals surface area contributed by atoms with Crippen LogP contribution >= 0.6 is 12.2 Å². The van der Waals surface area contributed by atoms with Crippen molar-refractivity contribution in [3.05, 3.63) is 42.0 Å². The number of benzene rings is 2. The normalized spacial score (nSPS) is 11.5. The first-order valence-electron chi connectivity index (χ1n) is 6.70. The summed E-state index contributed by atoms with van der Waals surface area (Å²) in [5, 5.41) is 5.13. The topological polar surface area (TPSA) is 72.2 Å². The van der Waals surface area contributed by atoms with E-state index in [-0.39, 0.29) is 11.5 Å². The molecule has 0 radical (unpaired) electrons. The third-order valence-corrected chi connectivity index (χ3v) is 5.28. The third-order valence-electron chi connectivity index (χ3n) is 3.36. The predicted molar refractivity (Wildman–Crippen MR) is 92.7 cm³/mol. The molecule has 3 N–H and O–H groups in total. The van der Waals surface area contributed by atoms with E-state index in [4.69, 9.17) is 18.0 Å². The van der Waals surface area contributed by atoms with Gasteiger partial charge in [-0.2, -0.15) is 0 Å². The molecule has 112 valence electrons. The van der Waals surface area contributed by atoms with Crippen molar-refractivity contribution in [1.29, 1.82) is 0 Å². The van der Waals surface area contributed by atoms with E-state index in [9.17, 15) is 8.42 Å². The highest BCUT2D eigenvalue weighted by Gasteiger charge is 2.09. The maximum Gasteiger partial charge on any atom is 0.151 e. The summed E-state index contributed by atoms with van der Waals surface area (Å²) in [6.07, 6.45) is 0. The van der Waals surface area contributed by atoms with Crippen LogP contribution in [-0.2, 0) is 9.84 Å². The van der Waals surface area contributed by atoms with Gasteiger partial charge in [-0.05, 0) is 17.5 Å². The van der Waals surface area contributed by atoms with Gasteiger partial charge in [0.25, 0.3) is 0 Å². The van der Waals surface area contributed by atoms with Crippen LogP contribution in [-0.4, -0.2) is 31.5 Å². The number of sulfone groups is 1. The lowest BCUT2D eigenvalue weighted by Gasteiger charge is -2.12. The first-order chi connectivity index (χ1) is 9.94. The Bertz CT molecular complexity index is 770. The van der Waals surface area contributed by atoms with Gasteiger partial charge in [-0.3, -0.25) is 0 Å². The summed E-state index contributed by atoms with van der Waals surface area (Å²) in [6, 6.07) is 11.5. The van der Waals surface area contributed by atoms with Crippen LogP contribution in [0.3, 0.4) is 0 Å². The fourth-order valence-corrected chi connectivity index (χ4v) is 3.03. The molecular weight excluding hydrogens is 304 g/mol. The average Bonchev–Trinajstić information content (AvgIpc) is 2.47. The lowest BCUT2D eigenvalue weighted by molar-refractivity contribution is 0.597. The number of nitrogens with two attached hydrogens (primary N) is 1. The summed E-state index contributed by atoms with van der Waals surface area (Å²) in [7, 11) is -2.97.